The number of ether oxygens (including phenoxy) is 1. The second kappa shape index (κ2) is 5.53. The lowest BCUT2D eigenvalue weighted by molar-refractivity contribution is -0.155. The lowest BCUT2D eigenvalue weighted by Gasteiger charge is -2.21. The van der Waals surface area contributed by atoms with E-state index in [2.05, 4.69) is 0 Å². The quantitative estimate of drug-likeness (QED) is 0.838. The van der Waals surface area contributed by atoms with Crippen LogP contribution in [0, 0.1) is 13.8 Å². The van der Waals surface area contributed by atoms with Gasteiger partial charge in [-0.15, -0.1) is 0 Å². The van der Waals surface area contributed by atoms with E-state index >= 15 is 0 Å². The summed E-state index contributed by atoms with van der Waals surface area (Å²) in [4.78, 5) is 11.7. The van der Waals surface area contributed by atoms with Crippen molar-refractivity contribution in [2.75, 3.05) is 0 Å². The van der Waals surface area contributed by atoms with E-state index in [-0.39, 0.29) is 18.4 Å². The van der Waals surface area contributed by atoms with E-state index in [9.17, 15) is 4.79 Å². The van der Waals surface area contributed by atoms with Crippen LogP contribution in [0.25, 0.3) is 0 Å². The first-order valence-corrected chi connectivity index (χ1v) is 6.24. The van der Waals surface area contributed by atoms with Crippen LogP contribution in [0.3, 0.4) is 0 Å². The molecule has 0 amide bonds. The Bertz CT molecular complexity index is 433. The van der Waals surface area contributed by atoms with Crippen molar-refractivity contribution in [1.82, 2.24) is 0 Å². The molecule has 0 radical (unpaired) electrons. The predicted octanol–water partition coefficient (Wildman–Crippen LogP) is 3.04. The van der Waals surface area contributed by atoms with Gasteiger partial charge in [-0.2, -0.15) is 0 Å². The van der Waals surface area contributed by atoms with Gasteiger partial charge in [-0.05, 0) is 51.3 Å². The number of hydrogen-bond donors (Lipinski definition) is 1. The van der Waals surface area contributed by atoms with Crippen molar-refractivity contribution in [3.63, 3.8) is 0 Å². The summed E-state index contributed by atoms with van der Waals surface area (Å²) < 4.78 is 5.28. The number of rotatable bonds is 3. The van der Waals surface area contributed by atoms with Crippen LogP contribution in [-0.2, 0) is 9.53 Å². The number of carbonyl (C=O) groups excluding carboxylic acids is 1. The highest BCUT2D eigenvalue weighted by Crippen LogP contribution is 2.22. The normalized spacial score (nSPS) is 13.2. The summed E-state index contributed by atoms with van der Waals surface area (Å²) in [7, 11) is 0. The largest absolute Gasteiger partial charge is 0.460 e. The molecule has 3 heteroatoms. The third-order valence-corrected chi connectivity index (χ3v) is 2.85. The van der Waals surface area contributed by atoms with Crippen LogP contribution >= 0.6 is 0 Å². The molecule has 0 aliphatic carbocycles. The predicted molar refractivity (Wildman–Crippen MR) is 73.3 cm³/mol. The van der Waals surface area contributed by atoms with Gasteiger partial charge in [-0.3, -0.25) is 4.79 Å². The molecule has 3 nitrogen and oxygen atoms in total. The Kier molecular flexibility index (Phi) is 4.52. The van der Waals surface area contributed by atoms with E-state index in [1.54, 1.807) is 0 Å². The van der Waals surface area contributed by atoms with E-state index in [1.807, 2.05) is 52.8 Å². The molecule has 0 heterocycles. The van der Waals surface area contributed by atoms with Crippen LogP contribution in [0.15, 0.2) is 18.2 Å². The van der Waals surface area contributed by atoms with E-state index in [1.165, 1.54) is 5.56 Å². The standard InChI is InChI=1S/C15H23NO2/c1-10-7-6-8-12(11(10)2)13(16)9-14(17)18-15(3,4)5/h6-8,13H,9,16H2,1-5H3/t13-/m1/s1. The van der Waals surface area contributed by atoms with Crippen LogP contribution in [0.2, 0.25) is 0 Å². The van der Waals surface area contributed by atoms with Gasteiger partial charge in [0.1, 0.15) is 5.60 Å². The Morgan fingerprint density at radius 1 is 1.33 bits per heavy atom. The third-order valence-electron chi connectivity index (χ3n) is 2.85. The van der Waals surface area contributed by atoms with Gasteiger partial charge in [-0.1, -0.05) is 18.2 Å². The Hall–Kier alpha value is -1.35. The molecule has 0 aromatic heterocycles. The Morgan fingerprint density at radius 3 is 2.50 bits per heavy atom. The summed E-state index contributed by atoms with van der Waals surface area (Å²) in [6.07, 6.45) is 0.210. The van der Waals surface area contributed by atoms with E-state index in [0.29, 0.717) is 0 Å². The molecule has 1 aromatic rings. The second-order valence-electron chi connectivity index (χ2n) is 5.69. The highest BCUT2D eigenvalue weighted by Gasteiger charge is 2.20. The number of hydrogen-bond acceptors (Lipinski definition) is 3. The van der Waals surface area contributed by atoms with Gasteiger partial charge < -0.3 is 10.5 Å². The smallest absolute Gasteiger partial charge is 0.308 e. The van der Waals surface area contributed by atoms with Crippen molar-refractivity contribution in [3.05, 3.63) is 34.9 Å². The number of nitrogens with two attached hydrogens (primary N) is 1. The highest BCUT2D eigenvalue weighted by molar-refractivity contribution is 5.71. The summed E-state index contributed by atoms with van der Waals surface area (Å²) in [6.45, 7) is 9.63. The highest BCUT2D eigenvalue weighted by atomic mass is 16.6. The van der Waals surface area contributed by atoms with Crippen molar-refractivity contribution in [1.29, 1.82) is 0 Å². The van der Waals surface area contributed by atoms with Crippen molar-refractivity contribution < 1.29 is 9.53 Å². The monoisotopic (exact) mass is 249 g/mol. The minimum atomic E-state index is -0.460. The lowest BCUT2D eigenvalue weighted by atomic mass is 9.96. The fourth-order valence-electron chi connectivity index (χ4n) is 1.85. The molecule has 1 rings (SSSR count). The van der Waals surface area contributed by atoms with Gasteiger partial charge in [-0.25, -0.2) is 0 Å². The summed E-state index contributed by atoms with van der Waals surface area (Å²) in [5.41, 5.74) is 8.97. The molecule has 0 fully saturated rings. The van der Waals surface area contributed by atoms with Crippen LogP contribution in [0.1, 0.15) is 49.9 Å². The topological polar surface area (TPSA) is 52.3 Å². The van der Waals surface area contributed by atoms with E-state index < -0.39 is 5.60 Å². The van der Waals surface area contributed by atoms with Crippen LogP contribution in [0.4, 0.5) is 0 Å². The zero-order chi connectivity index (χ0) is 13.9. The van der Waals surface area contributed by atoms with Gasteiger partial charge in [0.25, 0.3) is 0 Å². The average molecular weight is 249 g/mol. The fourth-order valence-corrected chi connectivity index (χ4v) is 1.85. The molecule has 100 valence electrons. The number of esters is 1. The maximum atomic E-state index is 11.7. The number of benzene rings is 1. The van der Waals surface area contributed by atoms with Gasteiger partial charge >= 0.3 is 5.97 Å². The second-order valence-corrected chi connectivity index (χ2v) is 5.69. The molecule has 0 saturated heterocycles. The zero-order valence-corrected chi connectivity index (χ0v) is 11.9. The van der Waals surface area contributed by atoms with Gasteiger partial charge in [0.05, 0.1) is 6.42 Å². The summed E-state index contributed by atoms with van der Waals surface area (Å²) in [6, 6.07) is 5.67. The van der Waals surface area contributed by atoms with Gasteiger partial charge in [0.2, 0.25) is 0 Å². The molecule has 0 unspecified atom stereocenters. The molecule has 0 bridgehead atoms. The molecule has 0 saturated carbocycles. The third kappa shape index (κ3) is 4.15. The lowest BCUT2D eigenvalue weighted by Crippen LogP contribution is -2.26. The van der Waals surface area contributed by atoms with Crippen LogP contribution < -0.4 is 5.73 Å². The van der Waals surface area contributed by atoms with Gasteiger partial charge in [0.15, 0.2) is 0 Å². The minimum Gasteiger partial charge on any atom is -0.460 e. The van der Waals surface area contributed by atoms with Crippen molar-refractivity contribution in [2.24, 2.45) is 5.73 Å². The number of carbonyl (C=O) groups is 1. The maximum Gasteiger partial charge on any atom is 0.308 e. The van der Waals surface area contributed by atoms with Crippen molar-refractivity contribution in [2.45, 2.75) is 52.7 Å². The molecule has 1 aromatic carbocycles. The van der Waals surface area contributed by atoms with Crippen LogP contribution in [0.5, 0.6) is 0 Å². The molecule has 18 heavy (non-hydrogen) atoms. The average Bonchev–Trinajstić information content (AvgIpc) is 2.18. The molecule has 2 N–H and O–H groups in total. The SMILES string of the molecule is Cc1cccc([C@H](N)CC(=O)OC(C)(C)C)c1C. The fraction of sp³-hybridized carbons (Fsp3) is 0.533. The van der Waals surface area contributed by atoms with Crippen molar-refractivity contribution in [3.8, 4) is 0 Å². The first-order valence-electron chi connectivity index (χ1n) is 6.24. The Morgan fingerprint density at radius 2 is 1.94 bits per heavy atom. The van der Waals surface area contributed by atoms with E-state index in [0.717, 1.165) is 11.1 Å². The Balaban J connectivity index is 2.74. The van der Waals surface area contributed by atoms with Gasteiger partial charge in [0, 0.05) is 6.04 Å². The van der Waals surface area contributed by atoms with E-state index in [4.69, 9.17) is 10.5 Å². The number of aryl methyl sites for hydroxylation is 1. The molecular formula is C15H23NO2. The molecule has 0 spiro atoms. The minimum absolute atomic E-state index is 0.210. The molecular weight excluding hydrogens is 226 g/mol. The molecule has 0 aliphatic rings. The zero-order valence-electron chi connectivity index (χ0n) is 11.9. The summed E-state index contributed by atoms with van der Waals surface area (Å²) >= 11 is 0. The first-order chi connectivity index (χ1) is 8.20. The summed E-state index contributed by atoms with van der Waals surface area (Å²) in [5.74, 6) is -0.254. The van der Waals surface area contributed by atoms with Crippen molar-refractivity contribution >= 4 is 5.97 Å². The first kappa shape index (κ1) is 14.7. The molecule has 1 atom stereocenters. The van der Waals surface area contributed by atoms with Crippen LogP contribution in [-0.4, -0.2) is 11.6 Å². The molecule has 0 aliphatic heterocycles. The maximum absolute atomic E-state index is 11.7. The Labute approximate surface area is 109 Å². The summed E-state index contributed by atoms with van der Waals surface area (Å²) in [5, 5.41) is 0.